The van der Waals surface area contributed by atoms with Crippen LogP contribution in [0.4, 0.5) is 11.4 Å². The predicted octanol–water partition coefficient (Wildman–Crippen LogP) is 5.02. The van der Waals surface area contributed by atoms with Crippen LogP contribution in [0.1, 0.15) is 18.1 Å². The normalized spacial score (nSPS) is 15.5. The van der Waals surface area contributed by atoms with E-state index in [-0.39, 0.29) is 10.6 Å². The van der Waals surface area contributed by atoms with Crippen LogP contribution in [0.15, 0.2) is 80.3 Å². The Bertz CT molecular complexity index is 1700. The summed E-state index contributed by atoms with van der Waals surface area (Å²) < 4.78 is 34.4. The Morgan fingerprint density at radius 3 is 2.49 bits per heavy atom. The molecule has 0 saturated carbocycles. The number of nitro groups is 1. The summed E-state index contributed by atoms with van der Waals surface area (Å²) in [5, 5.41) is 20.2. The Morgan fingerprint density at radius 1 is 1.08 bits per heavy atom. The Hall–Kier alpha value is -3.49. The summed E-state index contributed by atoms with van der Waals surface area (Å²) in [7, 11) is -3.60. The van der Waals surface area contributed by atoms with Gasteiger partial charge in [0.1, 0.15) is 0 Å². The summed E-state index contributed by atoms with van der Waals surface area (Å²) in [6.07, 6.45) is 0. The number of thiazole rings is 1. The van der Waals surface area contributed by atoms with E-state index in [9.17, 15) is 18.5 Å². The van der Waals surface area contributed by atoms with Crippen molar-refractivity contribution in [3.8, 4) is 10.6 Å². The molecule has 5 rings (SSSR count). The van der Waals surface area contributed by atoms with E-state index in [1.54, 1.807) is 60.2 Å². The molecule has 0 N–H and O–H groups in total. The second kappa shape index (κ2) is 11.3. The maximum absolute atomic E-state index is 13.0. The standard InChI is InChI=1S/C26H25N5O5S3/c1-18-5-6-20(16-23(18)31(32)33)19(2)28-30-24(25-4-3-15-37-25)17-38-26(30)27-21-7-9-22(10-8-21)39(34,35)29-11-13-36-14-12-29/h3-10,15-17H,11-14H2,1-2H3. The summed E-state index contributed by atoms with van der Waals surface area (Å²) in [6, 6.07) is 15.4. The topological polar surface area (TPSA) is 119 Å². The van der Waals surface area contributed by atoms with E-state index in [1.165, 1.54) is 21.7 Å². The second-order valence-electron chi connectivity index (χ2n) is 8.76. The molecule has 0 radical (unpaired) electrons. The highest BCUT2D eigenvalue weighted by molar-refractivity contribution is 7.89. The maximum Gasteiger partial charge on any atom is 0.272 e. The zero-order valence-corrected chi connectivity index (χ0v) is 23.6. The van der Waals surface area contributed by atoms with Gasteiger partial charge in [0.25, 0.3) is 5.69 Å². The molecule has 2 aromatic heterocycles. The molecule has 1 fully saturated rings. The van der Waals surface area contributed by atoms with Gasteiger partial charge >= 0.3 is 0 Å². The van der Waals surface area contributed by atoms with Gasteiger partial charge in [-0.15, -0.1) is 22.7 Å². The van der Waals surface area contributed by atoms with E-state index in [1.807, 2.05) is 29.0 Å². The zero-order chi connectivity index (χ0) is 27.6. The summed E-state index contributed by atoms with van der Waals surface area (Å²) in [5.74, 6) is 0. The van der Waals surface area contributed by atoms with Crippen molar-refractivity contribution in [2.45, 2.75) is 18.7 Å². The number of benzene rings is 2. The summed E-state index contributed by atoms with van der Waals surface area (Å²) in [6.45, 7) is 4.92. The van der Waals surface area contributed by atoms with Crippen molar-refractivity contribution in [1.29, 1.82) is 0 Å². The summed E-state index contributed by atoms with van der Waals surface area (Å²) >= 11 is 2.96. The van der Waals surface area contributed by atoms with Crippen molar-refractivity contribution < 1.29 is 18.1 Å². The lowest BCUT2D eigenvalue weighted by molar-refractivity contribution is -0.385. The van der Waals surface area contributed by atoms with Gasteiger partial charge in [0, 0.05) is 35.7 Å². The van der Waals surface area contributed by atoms with Crippen LogP contribution in [-0.2, 0) is 14.8 Å². The van der Waals surface area contributed by atoms with Crippen LogP contribution < -0.4 is 4.80 Å². The number of sulfonamides is 1. The molecular weight excluding hydrogens is 559 g/mol. The third kappa shape index (κ3) is 5.77. The van der Waals surface area contributed by atoms with Gasteiger partial charge in [-0.05, 0) is 49.6 Å². The van der Waals surface area contributed by atoms with E-state index in [0.29, 0.717) is 53.6 Å². The number of nitro benzene ring substituents is 1. The number of rotatable bonds is 7. The Kier molecular flexibility index (Phi) is 7.86. The number of hydrogen-bond donors (Lipinski definition) is 0. The zero-order valence-electron chi connectivity index (χ0n) is 21.2. The molecule has 39 heavy (non-hydrogen) atoms. The average molecular weight is 584 g/mol. The van der Waals surface area contributed by atoms with Crippen LogP contribution in [0.5, 0.6) is 0 Å². The number of morpholine rings is 1. The van der Waals surface area contributed by atoms with E-state index in [2.05, 4.69) is 0 Å². The Balaban J connectivity index is 1.54. The molecule has 1 saturated heterocycles. The Labute approximate surface area is 233 Å². The van der Waals surface area contributed by atoms with Gasteiger partial charge in [0.05, 0.1) is 45.0 Å². The van der Waals surface area contributed by atoms with Crippen molar-refractivity contribution >= 4 is 49.8 Å². The van der Waals surface area contributed by atoms with Crippen LogP contribution in [0.25, 0.3) is 10.6 Å². The van der Waals surface area contributed by atoms with Gasteiger partial charge in [-0.25, -0.2) is 18.1 Å². The molecule has 4 aromatic rings. The minimum absolute atomic E-state index is 0.0351. The smallest absolute Gasteiger partial charge is 0.272 e. The number of thiophene rings is 1. The molecule has 202 valence electrons. The van der Waals surface area contributed by atoms with Crippen LogP contribution in [0, 0.1) is 17.0 Å². The Morgan fingerprint density at radius 2 is 1.82 bits per heavy atom. The monoisotopic (exact) mass is 583 g/mol. The number of ether oxygens (including phenoxy) is 1. The molecule has 1 aliphatic rings. The van der Waals surface area contributed by atoms with E-state index in [4.69, 9.17) is 14.8 Å². The number of aromatic nitrogens is 1. The highest BCUT2D eigenvalue weighted by atomic mass is 32.2. The van der Waals surface area contributed by atoms with Gasteiger partial charge in [0.2, 0.25) is 14.8 Å². The highest BCUT2D eigenvalue weighted by Gasteiger charge is 2.26. The molecule has 0 unspecified atom stereocenters. The number of nitrogens with zero attached hydrogens (tertiary/aromatic N) is 5. The van der Waals surface area contributed by atoms with Crippen LogP contribution in [0.2, 0.25) is 0 Å². The molecular formula is C26H25N5O5S3. The van der Waals surface area contributed by atoms with Gasteiger partial charge in [0.15, 0.2) is 0 Å². The fourth-order valence-electron chi connectivity index (χ4n) is 4.05. The molecule has 0 aliphatic carbocycles. The third-order valence-electron chi connectivity index (χ3n) is 6.20. The first kappa shape index (κ1) is 27.1. The quantitative estimate of drug-likeness (QED) is 0.172. The van der Waals surface area contributed by atoms with E-state index >= 15 is 0 Å². The molecule has 13 heteroatoms. The lowest BCUT2D eigenvalue weighted by Gasteiger charge is -2.26. The fourth-order valence-corrected chi connectivity index (χ4v) is 7.10. The molecule has 10 nitrogen and oxygen atoms in total. The van der Waals surface area contributed by atoms with Crippen molar-refractivity contribution in [3.05, 3.63) is 91.4 Å². The fraction of sp³-hybridized carbons (Fsp3) is 0.231. The largest absolute Gasteiger partial charge is 0.379 e. The third-order valence-corrected chi connectivity index (χ3v) is 9.82. The van der Waals surface area contributed by atoms with Gasteiger partial charge in [-0.1, -0.05) is 18.2 Å². The molecule has 0 spiro atoms. The average Bonchev–Trinajstić information content (AvgIpc) is 3.60. The van der Waals surface area contributed by atoms with Crippen molar-refractivity contribution in [2.75, 3.05) is 26.3 Å². The summed E-state index contributed by atoms with van der Waals surface area (Å²) in [4.78, 5) is 17.6. The molecule has 0 bridgehead atoms. The predicted molar refractivity (Wildman–Crippen MR) is 152 cm³/mol. The van der Waals surface area contributed by atoms with Crippen molar-refractivity contribution in [1.82, 2.24) is 8.98 Å². The van der Waals surface area contributed by atoms with Crippen molar-refractivity contribution in [3.63, 3.8) is 0 Å². The molecule has 0 amide bonds. The van der Waals surface area contributed by atoms with Crippen molar-refractivity contribution in [2.24, 2.45) is 10.1 Å². The highest BCUT2D eigenvalue weighted by Crippen LogP contribution is 2.27. The molecule has 1 aliphatic heterocycles. The SMILES string of the molecule is CC(=Nn1c(-c2cccs2)csc1=Nc1ccc(S(=O)(=O)N2CCOCC2)cc1)c1ccc(C)c([N+](=O)[O-])c1. The first-order valence-corrected chi connectivity index (χ1v) is 15.2. The van der Waals surface area contributed by atoms with E-state index in [0.717, 1.165) is 10.6 Å². The van der Waals surface area contributed by atoms with E-state index < -0.39 is 14.9 Å². The lowest BCUT2D eigenvalue weighted by Crippen LogP contribution is -2.40. The second-order valence-corrected chi connectivity index (χ2v) is 12.5. The first-order chi connectivity index (χ1) is 18.7. The first-order valence-electron chi connectivity index (χ1n) is 12.0. The maximum atomic E-state index is 13.0. The summed E-state index contributed by atoms with van der Waals surface area (Å²) in [5.41, 5.74) is 3.24. The van der Waals surface area contributed by atoms with Crippen LogP contribution in [-0.4, -0.2) is 54.3 Å². The minimum atomic E-state index is -3.60. The minimum Gasteiger partial charge on any atom is -0.379 e. The molecule has 0 atom stereocenters. The van der Waals surface area contributed by atoms with Crippen LogP contribution >= 0.6 is 22.7 Å². The number of hydrogen-bond acceptors (Lipinski definition) is 9. The molecule has 2 aromatic carbocycles. The molecule has 3 heterocycles. The lowest BCUT2D eigenvalue weighted by atomic mass is 10.1. The van der Waals surface area contributed by atoms with Gasteiger partial charge in [-0.3, -0.25) is 10.1 Å². The number of aryl methyl sites for hydroxylation is 1. The van der Waals surface area contributed by atoms with Gasteiger partial charge in [-0.2, -0.15) is 9.41 Å². The van der Waals surface area contributed by atoms with Crippen LogP contribution in [0.3, 0.4) is 0 Å². The van der Waals surface area contributed by atoms with Gasteiger partial charge < -0.3 is 4.74 Å².